The van der Waals surface area contributed by atoms with Gasteiger partial charge in [-0.2, -0.15) is 4.98 Å². The van der Waals surface area contributed by atoms with Gasteiger partial charge >= 0.3 is 12.0 Å². The van der Waals surface area contributed by atoms with Gasteiger partial charge in [0.1, 0.15) is 12.6 Å². The monoisotopic (exact) mass is 388 g/mol. The van der Waals surface area contributed by atoms with Crippen molar-refractivity contribution in [3.8, 4) is 12.8 Å². The number of nitrogens with one attached hydrogen (secondary N) is 2. The number of hydrogen-bond donors (Lipinski definition) is 7. The van der Waals surface area contributed by atoms with Crippen molar-refractivity contribution in [3.63, 3.8) is 0 Å². The number of urea groups is 1. The van der Waals surface area contributed by atoms with E-state index < -0.39 is 43.1 Å². The minimum Gasteiger partial charge on any atom is -0.480 e. The molecule has 27 heavy (non-hydrogen) atoms. The molecule has 2 atom stereocenters. The summed E-state index contributed by atoms with van der Waals surface area (Å²) in [5, 5.41) is 32.7. The van der Waals surface area contributed by atoms with Gasteiger partial charge in [-0.25, -0.2) is 4.79 Å². The van der Waals surface area contributed by atoms with Crippen molar-refractivity contribution >= 4 is 17.9 Å². The van der Waals surface area contributed by atoms with Crippen molar-refractivity contribution in [2.75, 3.05) is 19.8 Å². The Bertz CT molecular complexity index is 604. The van der Waals surface area contributed by atoms with E-state index in [9.17, 15) is 14.4 Å². The molecule has 0 aliphatic heterocycles. The van der Waals surface area contributed by atoms with Crippen LogP contribution in [0.2, 0.25) is 0 Å². The van der Waals surface area contributed by atoms with Gasteiger partial charge in [-0.1, -0.05) is 5.16 Å². The molecule has 0 radical (unpaired) electrons. The Kier molecular flexibility index (Phi) is 14.5. The number of terminal acetylenes is 1. The number of primary amides is 1. The molecule has 3 amide bonds. The zero-order chi connectivity index (χ0) is 21.4. The molecule has 0 spiro atoms. The van der Waals surface area contributed by atoms with Gasteiger partial charge < -0.3 is 41.9 Å². The Morgan fingerprint density at radius 2 is 1.85 bits per heavy atom. The van der Waals surface area contributed by atoms with Crippen LogP contribution in [0.25, 0.3) is 0 Å². The molecule has 13 heteroatoms. The zero-order valence-electron chi connectivity index (χ0n) is 14.7. The maximum absolute atomic E-state index is 11.5. The molecule has 1 heterocycles. The summed E-state index contributed by atoms with van der Waals surface area (Å²) in [6.45, 7) is 0.894. The normalized spacial score (nSPS) is 11.5. The molecular weight excluding hydrogens is 364 g/mol. The molecule has 1 aromatic rings. The number of carbonyl (C=O) groups excluding carboxylic acids is 2. The smallest absolute Gasteiger partial charge is 0.323 e. The minimum atomic E-state index is -1.24. The summed E-state index contributed by atoms with van der Waals surface area (Å²) in [7, 11) is 0. The van der Waals surface area contributed by atoms with E-state index in [1.807, 2.05) is 5.32 Å². The van der Waals surface area contributed by atoms with E-state index in [0.717, 1.165) is 0 Å². The quantitative estimate of drug-likeness (QED) is 0.234. The SMILES string of the molecule is C#C.CCO.NC(=O)C[C@@H](NC(=O)NCC(=O)O)c1nc([C@@H](N)CO)no1. The van der Waals surface area contributed by atoms with Crippen LogP contribution in [0.15, 0.2) is 4.52 Å². The number of nitrogens with zero attached hydrogens (tertiary/aromatic N) is 2. The fourth-order valence-corrected chi connectivity index (χ4v) is 1.39. The van der Waals surface area contributed by atoms with Crippen LogP contribution >= 0.6 is 0 Å². The van der Waals surface area contributed by atoms with Gasteiger partial charge in [0.2, 0.25) is 11.8 Å². The first-order valence-corrected chi connectivity index (χ1v) is 7.43. The lowest BCUT2D eigenvalue weighted by Gasteiger charge is -2.13. The number of aliphatic hydroxyl groups is 2. The molecule has 0 aliphatic rings. The van der Waals surface area contributed by atoms with Crippen LogP contribution in [0.5, 0.6) is 0 Å². The Balaban J connectivity index is 0. The van der Waals surface area contributed by atoms with Crippen LogP contribution in [0, 0.1) is 12.8 Å². The van der Waals surface area contributed by atoms with Crippen LogP contribution in [-0.2, 0) is 9.59 Å². The average Bonchev–Trinajstić information content (AvgIpc) is 3.11. The molecule has 13 nitrogen and oxygen atoms in total. The fourth-order valence-electron chi connectivity index (χ4n) is 1.39. The van der Waals surface area contributed by atoms with Gasteiger partial charge in [0.15, 0.2) is 5.82 Å². The Morgan fingerprint density at radius 3 is 2.30 bits per heavy atom. The summed E-state index contributed by atoms with van der Waals surface area (Å²) in [5.41, 5.74) is 10.6. The van der Waals surface area contributed by atoms with Crippen molar-refractivity contribution in [2.24, 2.45) is 11.5 Å². The Hall–Kier alpha value is -3.21. The molecule has 0 fully saturated rings. The first kappa shape index (κ1) is 26.0. The highest BCUT2D eigenvalue weighted by Crippen LogP contribution is 2.16. The van der Waals surface area contributed by atoms with Crippen LogP contribution < -0.4 is 22.1 Å². The first-order chi connectivity index (χ1) is 12.7. The molecule has 0 saturated carbocycles. The number of carboxylic acid groups (broad SMARTS) is 1. The maximum Gasteiger partial charge on any atom is 0.323 e. The van der Waals surface area contributed by atoms with Crippen LogP contribution in [0.4, 0.5) is 4.79 Å². The highest BCUT2D eigenvalue weighted by molar-refractivity contribution is 5.81. The van der Waals surface area contributed by atoms with Gasteiger partial charge in [-0.3, -0.25) is 9.59 Å². The number of nitrogens with two attached hydrogens (primary N) is 2. The highest BCUT2D eigenvalue weighted by atomic mass is 16.5. The number of carbonyl (C=O) groups is 3. The molecule has 0 bridgehead atoms. The fraction of sp³-hybridized carbons (Fsp3) is 0.500. The lowest BCUT2D eigenvalue weighted by molar-refractivity contribution is -0.135. The number of rotatable bonds is 8. The van der Waals surface area contributed by atoms with Crippen molar-refractivity contribution in [3.05, 3.63) is 11.7 Å². The van der Waals surface area contributed by atoms with E-state index in [1.54, 1.807) is 6.92 Å². The summed E-state index contributed by atoms with van der Waals surface area (Å²) < 4.78 is 4.86. The number of aromatic nitrogens is 2. The van der Waals surface area contributed by atoms with Crippen molar-refractivity contribution < 1.29 is 34.2 Å². The molecule has 0 aromatic carbocycles. The van der Waals surface area contributed by atoms with E-state index in [2.05, 4.69) is 28.3 Å². The molecule has 152 valence electrons. The lowest BCUT2D eigenvalue weighted by Crippen LogP contribution is -2.41. The topological polar surface area (TPSA) is 227 Å². The van der Waals surface area contributed by atoms with Crippen LogP contribution in [0.1, 0.15) is 37.1 Å². The van der Waals surface area contributed by atoms with Crippen LogP contribution in [0.3, 0.4) is 0 Å². The number of aliphatic hydroxyl groups excluding tert-OH is 2. The van der Waals surface area contributed by atoms with E-state index in [-0.39, 0.29) is 24.7 Å². The number of carboxylic acids is 1. The van der Waals surface area contributed by atoms with Crippen molar-refractivity contribution in [1.29, 1.82) is 0 Å². The first-order valence-electron chi connectivity index (χ1n) is 7.43. The highest BCUT2D eigenvalue weighted by Gasteiger charge is 2.24. The predicted octanol–water partition coefficient (Wildman–Crippen LogP) is -2.39. The summed E-state index contributed by atoms with van der Waals surface area (Å²) in [4.78, 5) is 36.8. The Morgan fingerprint density at radius 1 is 1.30 bits per heavy atom. The predicted molar refractivity (Wildman–Crippen MR) is 91.7 cm³/mol. The molecule has 0 aliphatic carbocycles. The molecule has 0 unspecified atom stereocenters. The average molecular weight is 388 g/mol. The second kappa shape index (κ2) is 15.1. The number of hydrogen-bond acceptors (Lipinski definition) is 9. The van der Waals surface area contributed by atoms with E-state index >= 15 is 0 Å². The number of amides is 3. The van der Waals surface area contributed by atoms with E-state index in [0.29, 0.717) is 0 Å². The lowest BCUT2D eigenvalue weighted by atomic mass is 10.2. The van der Waals surface area contributed by atoms with Crippen molar-refractivity contribution in [1.82, 2.24) is 20.8 Å². The zero-order valence-corrected chi connectivity index (χ0v) is 14.7. The van der Waals surface area contributed by atoms with Gasteiger partial charge in [0.25, 0.3) is 0 Å². The number of aliphatic carboxylic acids is 1. The summed E-state index contributed by atoms with van der Waals surface area (Å²) in [5.74, 6) is -2.16. The second-order valence-electron chi connectivity index (χ2n) is 4.54. The molecule has 1 aromatic heterocycles. The van der Waals surface area contributed by atoms with Gasteiger partial charge in [0, 0.05) is 6.61 Å². The molecule has 9 N–H and O–H groups in total. The molecular formula is C14H24N6O7. The molecule has 0 saturated heterocycles. The summed E-state index contributed by atoms with van der Waals surface area (Å²) in [6.07, 6.45) is 7.65. The largest absolute Gasteiger partial charge is 0.480 e. The van der Waals surface area contributed by atoms with Gasteiger partial charge in [-0.15, -0.1) is 12.8 Å². The standard InChI is InChI=1S/C10H16N6O6.C2H6O.C2H2/c11-4(3-17)8-15-9(22-16-8)5(1-6(12)18)14-10(21)13-2-7(19)20;1-2-3;1-2/h4-5,17H,1-3,11H2,(H2,12,18)(H,19,20)(H2,13,14,21);3H,2H2,1H3;1-2H/t4-,5+;;/m0../s1. The van der Waals surface area contributed by atoms with Gasteiger partial charge in [0.05, 0.1) is 19.1 Å². The third kappa shape index (κ3) is 11.9. The summed E-state index contributed by atoms with van der Waals surface area (Å²) in [6, 6.07) is -2.80. The second-order valence-corrected chi connectivity index (χ2v) is 4.54. The van der Waals surface area contributed by atoms with Crippen LogP contribution in [-0.4, -0.2) is 63.1 Å². The minimum absolute atomic E-state index is 0.0142. The third-order valence-electron chi connectivity index (χ3n) is 2.39. The maximum atomic E-state index is 11.5. The Labute approximate surface area is 155 Å². The van der Waals surface area contributed by atoms with Gasteiger partial charge in [-0.05, 0) is 6.92 Å². The molecule has 1 rings (SSSR count). The summed E-state index contributed by atoms with van der Waals surface area (Å²) >= 11 is 0. The van der Waals surface area contributed by atoms with E-state index in [1.165, 1.54) is 0 Å². The third-order valence-corrected chi connectivity index (χ3v) is 2.39. The van der Waals surface area contributed by atoms with E-state index in [4.69, 9.17) is 31.3 Å². The van der Waals surface area contributed by atoms with Crippen molar-refractivity contribution in [2.45, 2.75) is 25.4 Å².